The second-order valence-electron chi connectivity index (χ2n) is 6.47. The molecular formula is C21H19N3O3. The molecule has 0 aliphatic carbocycles. The molecule has 0 saturated carbocycles. The molecule has 1 aliphatic heterocycles. The van der Waals surface area contributed by atoms with Gasteiger partial charge < -0.3 is 15.0 Å². The summed E-state index contributed by atoms with van der Waals surface area (Å²) in [7, 11) is 1.60. The number of pyridine rings is 1. The Balaban J connectivity index is 1.50. The van der Waals surface area contributed by atoms with Crippen LogP contribution in [0.3, 0.4) is 0 Å². The predicted molar refractivity (Wildman–Crippen MR) is 104 cm³/mol. The van der Waals surface area contributed by atoms with Crippen molar-refractivity contribution in [2.24, 2.45) is 5.92 Å². The number of amides is 2. The highest BCUT2D eigenvalue weighted by molar-refractivity contribution is 6.06. The number of hydrogen-bond acceptors (Lipinski definition) is 4. The first-order chi connectivity index (χ1) is 13.2. The van der Waals surface area contributed by atoms with Crippen LogP contribution in [0.5, 0.6) is 5.75 Å². The van der Waals surface area contributed by atoms with Gasteiger partial charge in [0, 0.05) is 30.2 Å². The van der Waals surface area contributed by atoms with Gasteiger partial charge in [0.2, 0.25) is 11.8 Å². The van der Waals surface area contributed by atoms with Crippen LogP contribution in [0.4, 0.5) is 11.4 Å². The van der Waals surface area contributed by atoms with Crippen molar-refractivity contribution in [2.75, 3.05) is 23.9 Å². The molecule has 1 aromatic heterocycles. The van der Waals surface area contributed by atoms with E-state index >= 15 is 0 Å². The van der Waals surface area contributed by atoms with E-state index in [0.29, 0.717) is 12.2 Å². The third kappa shape index (κ3) is 3.33. The second-order valence-corrected chi connectivity index (χ2v) is 6.47. The molecule has 1 unspecified atom stereocenters. The first-order valence-electron chi connectivity index (χ1n) is 8.75. The molecule has 1 saturated heterocycles. The van der Waals surface area contributed by atoms with Crippen LogP contribution in [0.15, 0.2) is 60.8 Å². The molecule has 1 atom stereocenters. The summed E-state index contributed by atoms with van der Waals surface area (Å²) in [5, 5.41) is 3.84. The van der Waals surface area contributed by atoms with Crippen LogP contribution in [0, 0.1) is 5.92 Å². The fraction of sp³-hybridized carbons (Fsp3) is 0.190. The minimum absolute atomic E-state index is 0.0556. The molecule has 1 aliphatic rings. The smallest absolute Gasteiger partial charge is 0.229 e. The van der Waals surface area contributed by atoms with Gasteiger partial charge >= 0.3 is 0 Å². The largest absolute Gasteiger partial charge is 0.497 e. The molecule has 6 heteroatoms. The van der Waals surface area contributed by atoms with E-state index in [1.165, 1.54) is 0 Å². The lowest BCUT2D eigenvalue weighted by atomic mass is 10.1. The van der Waals surface area contributed by atoms with Crippen LogP contribution in [-0.4, -0.2) is 30.5 Å². The van der Waals surface area contributed by atoms with Crippen molar-refractivity contribution < 1.29 is 14.3 Å². The van der Waals surface area contributed by atoms with Gasteiger partial charge in [-0.3, -0.25) is 14.6 Å². The predicted octanol–water partition coefficient (Wildman–Crippen LogP) is 3.24. The molecule has 0 radical (unpaired) electrons. The average Bonchev–Trinajstić information content (AvgIpc) is 3.10. The number of nitrogens with zero attached hydrogens (tertiary/aromatic N) is 2. The number of carbonyl (C=O) groups is 2. The maximum absolute atomic E-state index is 12.8. The summed E-state index contributed by atoms with van der Waals surface area (Å²) in [6, 6.07) is 16.6. The van der Waals surface area contributed by atoms with Gasteiger partial charge in [-0.2, -0.15) is 0 Å². The number of hydrogen-bond donors (Lipinski definition) is 1. The fourth-order valence-corrected chi connectivity index (χ4v) is 3.34. The molecule has 1 fully saturated rings. The van der Waals surface area contributed by atoms with Crippen LogP contribution in [0.25, 0.3) is 10.9 Å². The Hall–Kier alpha value is -3.41. The number of ether oxygens (including phenoxy) is 1. The van der Waals surface area contributed by atoms with E-state index in [4.69, 9.17) is 4.74 Å². The number of rotatable bonds is 4. The highest BCUT2D eigenvalue weighted by atomic mass is 16.5. The summed E-state index contributed by atoms with van der Waals surface area (Å²) in [6.45, 7) is 0.361. The van der Waals surface area contributed by atoms with Crippen LogP contribution in [-0.2, 0) is 9.59 Å². The topological polar surface area (TPSA) is 71.5 Å². The van der Waals surface area contributed by atoms with E-state index in [-0.39, 0.29) is 18.2 Å². The highest BCUT2D eigenvalue weighted by Crippen LogP contribution is 2.28. The van der Waals surface area contributed by atoms with Crippen molar-refractivity contribution in [1.29, 1.82) is 0 Å². The lowest BCUT2D eigenvalue weighted by molar-refractivity contribution is -0.122. The SMILES string of the molecule is COc1ccc(N2CC(C(=O)Nc3cccc4ncccc34)CC2=O)cc1. The summed E-state index contributed by atoms with van der Waals surface area (Å²) < 4.78 is 5.15. The lowest BCUT2D eigenvalue weighted by Gasteiger charge is -2.17. The summed E-state index contributed by atoms with van der Waals surface area (Å²) in [5.41, 5.74) is 2.30. The molecule has 2 heterocycles. The summed E-state index contributed by atoms with van der Waals surface area (Å²) in [4.78, 5) is 31.1. The van der Waals surface area contributed by atoms with E-state index in [0.717, 1.165) is 22.3 Å². The molecule has 0 bridgehead atoms. The van der Waals surface area contributed by atoms with Crippen molar-refractivity contribution in [3.05, 3.63) is 60.8 Å². The molecule has 136 valence electrons. The van der Waals surface area contributed by atoms with Crippen LogP contribution in [0.1, 0.15) is 6.42 Å². The third-order valence-electron chi connectivity index (χ3n) is 4.78. The molecule has 4 rings (SSSR count). The number of nitrogens with one attached hydrogen (secondary N) is 1. The average molecular weight is 361 g/mol. The van der Waals surface area contributed by atoms with Gasteiger partial charge in [0.1, 0.15) is 5.75 Å². The van der Waals surface area contributed by atoms with Crippen molar-refractivity contribution >= 4 is 34.1 Å². The summed E-state index contributed by atoms with van der Waals surface area (Å²) in [5.74, 6) is 0.117. The van der Waals surface area contributed by atoms with Crippen LogP contribution >= 0.6 is 0 Å². The zero-order valence-corrected chi connectivity index (χ0v) is 14.9. The molecule has 2 amide bonds. The zero-order chi connectivity index (χ0) is 18.8. The summed E-state index contributed by atoms with van der Waals surface area (Å²) >= 11 is 0. The Labute approximate surface area is 156 Å². The van der Waals surface area contributed by atoms with Crippen molar-refractivity contribution in [1.82, 2.24) is 4.98 Å². The van der Waals surface area contributed by atoms with E-state index in [9.17, 15) is 9.59 Å². The van der Waals surface area contributed by atoms with Gasteiger partial charge in [0.25, 0.3) is 0 Å². The molecule has 6 nitrogen and oxygen atoms in total. The Bertz CT molecular complexity index is 996. The third-order valence-corrected chi connectivity index (χ3v) is 4.78. The highest BCUT2D eigenvalue weighted by Gasteiger charge is 2.35. The molecule has 27 heavy (non-hydrogen) atoms. The number of fused-ring (bicyclic) bond motifs is 1. The van der Waals surface area contributed by atoms with Gasteiger partial charge in [0.15, 0.2) is 0 Å². The maximum atomic E-state index is 12.8. The Kier molecular flexibility index (Phi) is 4.46. The van der Waals surface area contributed by atoms with Crippen LogP contribution in [0.2, 0.25) is 0 Å². The maximum Gasteiger partial charge on any atom is 0.229 e. The Morgan fingerprint density at radius 1 is 1.15 bits per heavy atom. The van der Waals surface area contributed by atoms with Crippen molar-refractivity contribution in [3.8, 4) is 5.75 Å². The minimum atomic E-state index is -0.397. The van der Waals surface area contributed by atoms with Crippen molar-refractivity contribution in [3.63, 3.8) is 0 Å². The van der Waals surface area contributed by atoms with E-state index in [2.05, 4.69) is 10.3 Å². The number of anilines is 2. The molecule has 3 aromatic rings. The van der Waals surface area contributed by atoms with Crippen molar-refractivity contribution in [2.45, 2.75) is 6.42 Å². The first-order valence-corrected chi connectivity index (χ1v) is 8.75. The first kappa shape index (κ1) is 17.0. The van der Waals surface area contributed by atoms with Gasteiger partial charge in [-0.25, -0.2) is 0 Å². The van der Waals surface area contributed by atoms with E-state index in [1.54, 1.807) is 30.3 Å². The minimum Gasteiger partial charge on any atom is -0.497 e. The second kappa shape index (κ2) is 7.07. The van der Waals surface area contributed by atoms with Gasteiger partial charge in [-0.15, -0.1) is 0 Å². The van der Waals surface area contributed by atoms with E-state index in [1.807, 2.05) is 42.5 Å². The number of carbonyl (C=O) groups excluding carboxylic acids is 2. The fourth-order valence-electron chi connectivity index (χ4n) is 3.34. The monoisotopic (exact) mass is 361 g/mol. The molecule has 2 aromatic carbocycles. The number of methoxy groups -OCH3 is 1. The van der Waals surface area contributed by atoms with Gasteiger partial charge in [0.05, 0.1) is 24.2 Å². The normalized spacial score (nSPS) is 16.6. The van der Waals surface area contributed by atoms with E-state index < -0.39 is 5.92 Å². The quantitative estimate of drug-likeness (QED) is 0.774. The summed E-state index contributed by atoms with van der Waals surface area (Å²) in [6.07, 6.45) is 1.91. The zero-order valence-electron chi connectivity index (χ0n) is 14.9. The number of benzene rings is 2. The number of aromatic nitrogens is 1. The molecule has 0 spiro atoms. The van der Waals surface area contributed by atoms with Gasteiger partial charge in [-0.05, 0) is 48.5 Å². The van der Waals surface area contributed by atoms with Gasteiger partial charge in [-0.1, -0.05) is 6.07 Å². The Morgan fingerprint density at radius 2 is 1.96 bits per heavy atom. The lowest BCUT2D eigenvalue weighted by Crippen LogP contribution is -2.28. The molecular weight excluding hydrogens is 342 g/mol. The van der Waals surface area contributed by atoms with Crippen LogP contribution < -0.4 is 15.0 Å². The standard InChI is InChI=1S/C21H19N3O3/c1-27-16-9-7-15(8-10-16)24-13-14(12-20(24)25)21(26)23-19-6-2-5-18-17(19)4-3-11-22-18/h2-11,14H,12-13H2,1H3,(H,23,26). The Morgan fingerprint density at radius 3 is 2.74 bits per heavy atom. The molecule has 1 N–H and O–H groups in total.